The Morgan fingerprint density at radius 3 is 2.59 bits per heavy atom. The summed E-state index contributed by atoms with van der Waals surface area (Å²) in [4.78, 5) is 0.203. The lowest BCUT2D eigenvalue weighted by molar-refractivity contribution is 0.0462. The van der Waals surface area contributed by atoms with E-state index in [1.165, 1.54) is 12.4 Å². The fourth-order valence-electron chi connectivity index (χ4n) is 2.32. The van der Waals surface area contributed by atoms with Crippen LogP contribution in [0.1, 0.15) is 32.7 Å². The summed E-state index contributed by atoms with van der Waals surface area (Å²) in [7, 11) is -3.22. The van der Waals surface area contributed by atoms with Crippen molar-refractivity contribution in [1.29, 1.82) is 0 Å². The van der Waals surface area contributed by atoms with Gasteiger partial charge in [0.05, 0.1) is 18.3 Å². The predicted octanol–water partition coefficient (Wildman–Crippen LogP) is 1.01. The molecule has 0 saturated heterocycles. The molecular formula is C11H18N2O3S. The van der Waals surface area contributed by atoms with Crippen LogP contribution in [-0.2, 0) is 9.84 Å². The molecule has 1 aliphatic rings. The number of rotatable bonds is 2. The van der Waals surface area contributed by atoms with Gasteiger partial charge in [0.1, 0.15) is 4.90 Å². The zero-order valence-corrected chi connectivity index (χ0v) is 11.1. The van der Waals surface area contributed by atoms with E-state index in [9.17, 15) is 13.5 Å². The lowest BCUT2D eigenvalue weighted by atomic mass is 9.89. The molecule has 0 radical (unpaired) electrons. The van der Waals surface area contributed by atoms with E-state index >= 15 is 0 Å². The van der Waals surface area contributed by atoms with Crippen LogP contribution in [0.2, 0.25) is 0 Å². The third-order valence-electron chi connectivity index (χ3n) is 3.60. The van der Waals surface area contributed by atoms with Crippen LogP contribution >= 0.6 is 0 Å². The van der Waals surface area contributed by atoms with Crippen molar-refractivity contribution in [3.8, 4) is 0 Å². The van der Waals surface area contributed by atoms with Gasteiger partial charge in [-0.2, -0.15) is 5.10 Å². The average Bonchev–Trinajstić information content (AvgIpc) is 2.73. The second-order valence-electron chi connectivity index (χ2n) is 5.47. The number of sulfone groups is 1. The third-order valence-corrected chi connectivity index (χ3v) is 4.66. The molecule has 1 fully saturated rings. The van der Waals surface area contributed by atoms with Crippen molar-refractivity contribution in [2.75, 3.05) is 6.26 Å². The van der Waals surface area contributed by atoms with Crippen LogP contribution in [0.25, 0.3) is 0 Å². The van der Waals surface area contributed by atoms with Gasteiger partial charge in [-0.3, -0.25) is 4.68 Å². The number of nitrogens with zero attached hydrogens (tertiary/aromatic N) is 2. The maximum Gasteiger partial charge on any atom is 0.178 e. The molecule has 17 heavy (non-hydrogen) atoms. The fourth-order valence-corrected chi connectivity index (χ4v) is 2.85. The summed E-state index contributed by atoms with van der Waals surface area (Å²) in [6.07, 6.45) is 5.24. The van der Waals surface area contributed by atoms with Crippen molar-refractivity contribution >= 4 is 9.84 Å². The van der Waals surface area contributed by atoms with Crippen LogP contribution in [0.15, 0.2) is 17.3 Å². The Morgan fingerprint density at radius 1 is 1.53 bits per heavy atom. The van der Waals surface area contributed by atoms with Gasteiger partial charge in [-0.1, -0.05) is 13.8 Å². The topological polar surface area (TPSA) is 72.2 Å². The molecule has 1 saturated carbocycles. The smallest absolute Gasteiger partial charge is 0.178 e. The van der Waals surface area contributed by atoms with E-state index in [0.717, 1.165) is 19.1 Å². The van der Waals surface area contributed by atoms with Crippen molar-refractivity contribution in [3.63, 3.8) is 0 Å². The monoisotopic (exact) mass is 258 g/mol. The molecule has 0 bridgehead atoms. The van der Waals surface area contributed by atoms with Crippen LogP contribution in [0.5, 0.6) is 0 Å². The van der Waals surface area contributed by atoms with Gasteiger partial charge in [0.15, 0.2) is 9.84 Å². The SMILES string of the molecule is CC1(C)CCC(n2cc(S(C)(=O)=O)cn2)C1O. The largest absolute Gasteiger partial charge is 0.390 e. The quantitative estimate of drug-likeness (QED) is 0.859. The highest BCUT2D eigenvalue weighted by molar-refractivity contribution is 7.90. The number of hydrogen-bond donors (Lipinski definition) is 1. The molecule has 1 N–H and O–H groups in total. The molecule has 6 heteroatoms. The van der Waals surface area contributed by atoms with Gasteiger partial charge in [0, 0.05) is 12.5 Å². The van der Waals surface area contributed by atoms with E-state index in [2.05, 4.69) is 5.10 Å². The summed E-state index contributed by atoms with van der Waals surface area (Å²) in [5.41, 5.74) is -0.137. The molecule has 2 atom stereocenters. The molecule has 0 spiro atoms. The number of aromatic nitrogens is 2. The van der Waals surface area contributed by atoms with Gasteiger partial charge in [-0.25, -0.2) is 8.42 Å². The first kappa shape index (κ1) is 12.6. The van der Waals surface area contributed by atoms with Crippen LogP contribution in [0, 0.1) is 5.41 Å². The molecule has 1 aliphatic carbocycles. The van der Waals surface area contributed by atoms with Crippen LogP contribution in [0.3, 0.4) is 0 Å². The van der Waals surface area contributed by atoms with E-state index in [4.69, 9.17) is 0 Å². The number of aliphatic hydroxyl groups is 1. The molecule has 1 aromatic heterocycles. The Balaban J connectivity index is 2.29. The molecule has 0 aromatic carbocycles. The molecule has 2 unspecified atom stereocenters. The lowest BCUT2D eigenvalue weighted by Gasteiger charge is -2.25. The lowest BCUT2D eigenvalue weighted by Crippen LogP contribution is -2.29. The summed E-state index contributed by atoms with van der Waals surface area (Å²) in [6.45, 7) is 4.03. The minimum atomic E-state index is -3.22. The van der Waals surface area contributed by atoms with E-state index in [1.54, 1.807) is 4.68 Å². The molecular weight excluding hydrogens is 240 g/mol. The summed E-state index contributed by atoms with van der Waals surface area (Å²) in [5, 5.41) is 14.2. The maximum absolute atomic E-state index is 11.4. The van der Waals surface area contributed by atoms with Crippen molar-refractivity contribution in [1.82, 2.24) is 9.78 Å². The highest BCUT2D eigenvalue weighted by Crippen LogP contribution is 2.43. The van der Waals surface area contributed by atoms with Gasteiger partial charge >= 0.3 is 0 Å². The van der Waals surface area contributed by atoms with Crippen LogP contribution < -0.4 is 0 Å². The molecule has 1 aromatic rings. The second kappa shape index (κ2) is 3.81. The van der Waals surface area contributed by atoms with Crippen molar-refractivity contribution < 1.29 is 13.5 Å². The first-order valence-corrected chi connectivity index (χ1v) is 7.53. The standard InChI is InChI=1S/C11H18N2O3S/c1-11(2)5-4-9(10(11)14)13-7-8(6-12-13)17(3,15)16/h6-7,9-10,14H,4-5H2,1-3H3. The molecule has 5 nitrogen and oxygen atoms in total. The van der Waals surface area contributed by atoms with Gasteiger partial charge in [0.2, 0.25) is 0 Å². The average molecular weight is 258 g/mol. The number of hydrogen-bond acceptors (Lipinski definition) is 4. The fraction of sp³-hybridized carbons (Fsp3) is 0.727. The van der Waals surface area contributed by atoms with Crippen LogP contribution in [0.4, 0.5) is 0 Å². The molecule has 0 aliphatic heterocycles. The van der Waals surface area contributed by atoms with E-state index in [0.29, 0.717) is 0 Å². The third kappa shape index (κ3) is 2.24. The molecule has 0 amide bonds. The van der Waals surface area contributed by atoms with E-state index < -0.39 is 15.9 Å². The second-order valence-corrected chi connectivity index (χ2v) is 7.48. The Labute approximate surface area is 101 Å². The van der Waals surface area contributed by atoms with Gasteiger partial charge in [-0.15, -0.1) is 0 Å². The van der Waals surface area contributed by atoms with E-state index in [1.807, 2.05) is 13.8 Å². The van der Waals surface area contributed by atoms with Crippen molar-refractivity contribution in [2.24, 2.45) is 5.41 Å². The minimum absolute atomic E-state index is 0.125. The summed E-state index contributed by atoms with van der Waals surface area (Å²) in [5.74, 6) is 0. The van der Waals surface area contributed by atoms with Gasteiger partial charge in [0.25, 0.3) is 0 Å². The van der Waals surface area contributed by atoms with Gasteiger partial charge in [-0.05, 0) is 18.3 Å². The molecule has 2 rings (SSSR count). The zero-order valence-electron chi connectivity index (χ0n) is 10.3. The summed E-state index contributed by atoms with van der Waals surface area (Å²) >= 11 is 0. The number of aliphatic hydroxyl groups excluding tert-OH is 1. The minimum Gasteiger partial charge on any atom is -0.390 e. The summed E-state index contributed by atoms with van der Waals surface area (Å²) < 4.78 is 24.3. The highest BCUT2D eigenvalue weighted by atomic mass is 32.2. The molecule has 96 valence electrons. The Bertz CT molecular complexity index is 519. The predicted molar refractivity (Wildman–Crippen MR) is 63.4 cm³/mol. The maximum atomic E-state index is 11.4. The Morgan fingerprint density at radius 2 is 2.18 bits per heavy atom. The Hall–Kier alpha value is -0.880. The van der Waals surface area contributed by atoms with Crippen LogP contribution in [-0.4, -0.2) is 35.7 Å². The van der Waals surface area contributed by atoms with E-state index in [-0.39, 0.29) is 16.4 Å². The van der Waals surface area contributed by atoms with Crippen molar-refractivity contribution in [2.45, 2.75) is 43.7 Å². The highest BCUT2D eigenvalue weighted by Gasteiger charge is 2.42. The summed E-state index contributed by atoms with van der Waals surface area (Å²) in [6, 6.07) is -0.125. The Kier molecular flexibility index (Phi) is 2.82. The first-order valence-electron chi connectivity index (χ1n) is 5.64. The molecule has 1 heterocycles. The normalized spacial score (nSPS) is 28.5. The zero-order chi connectivity index (χ0) is 12.8. The van der Waals surface area contributed by atoms with Gasteiger partial charge < -0.3 is 5.11 Å². The first-order chi connectivity index (χ1) is 7.72. The van der Waals surface area contributed by atoms with Crippen molar-refractivity contribution in [3.05, 3.63) is 12.4 Å².